The number of nitriles is 1. The Balaban J connectivity index is 1.39. The molecule has 6 rings (SSSR count). The number of allylic oxidation sites excluding steroid dienone is 1. The van der Waals surface area contributed by atoms with E-state index in [1.165, 1.54) is 11.1 Å². The zero-order valence-corrected chi connectivity index (χ0v) is 23.5. The van der Waals surface area contributed by atoms with Gasteiger partial charge >= 0.3 is 0 Å². The van der Waals surface area contributed by atoms with Crippen LogP contribution in [0.3, 0.4) is 0 Å². The highest BCUT2D eigenvalue weighted by molar-refractivity contribution is 7.98. The number of aliphatic hydroxyl groups excluding tert-OH is 1. The minimum atomic E-state index is -0.495. The van der Waals surface area contributed by atoms with Crippen LogP contribution in [0.25, 0.3) is 0 Å². The third-order valence-corrected chi connectivity index (χ3v) is 10.2. The summed E-state index contributed by atoms with van der Waals surface area (Å²) < 4.78 is 9.43. The normalized spacial score (nSPS) is 31.4. The Morgan fingerprint density at radius 3 is 2.92 bits per heavy atom. The van der Waals surface area contributed by atoms with Crippen molar-refractivity contribution >= 4 is 35.1 Å². The molecular formula is C31H34ClN3O3S. The number of carbonyl (C=O) groups excluding carboxylic acids is 1. The first-order chi connectivity index (χ1) is 19.0. The average Bonchev–Trinajstić information content (AvgIpc) is 3.07. The Morgan fingerprint density at radius 2 is 2.10 bits per heavy atom. The number of nitrogens with one attached hydrogen (secondary N) is 1. The van der Waals surface area contributed by atoms with Crippen molar-refractivity contribution in [2.75, 3.05) is 24.6 Å². The van der Waals surface area contributed by atoms with Crippen LogP contribution >= 0.6 is 23.5 Å². The predicted octanol–water partition coefficient (Wildman–Crippen LogP) is 5.82. The average molecular weight is 564 g/mol. The zero-order valence-electron chi connectivity index (χ0n) is 21.9. The van der Waals surface area contributed by atoms with E-state index in [9.17, 15) is 15.2 Å². The van der Waals surface area contributed by atoms with E-state index in [2.05, 4.69) is 27.8 Å². The van der Waals surface area contributed by atoms with Gasteiger partial charge in [0, 0.05) is 29.1 Å². The van der Waals surface area contributed by atoms with E-state index in [4.69, 9.17) is 16.3 Å². The van der Waals surface area contributed by atoms with Gasteiger partial charge in [0.15, 0.2) is 0 Å². The van der Waals surface area contributed by atoms with Gasteiger partial charge < -0.3 is 14.7 Å². The number of rotatable bonds is 0. The topological polar surface area (TPSA) is 85.6 Å². The molecule has 1 saturated carbocycles. The first kappa shape index (κ1) is 26.6. The smallest absolute Gasteiger partial charge is 0.261 e. The highest BCUT2D eigenvalue weighted by atomic mass is 35.5. The molecule has 1 fully saturated rings. The van der Waals surface area contributed by atoms with Crippen molar-refractivity contribution < 1.29 is 14.6 Å². The molecule has 39 heavy (non-hydrogen) atoms. The number of hydrogen-bond acceptors (Lipinski definition) is 6. The highest BCUT2D eigenvalue weighted by Crippen LogP contribution is 2.46. The SMILES string of the molecule is N#C[C@H]1CC/C=C/[C@H](O)[C@@H]2CC[C@H]2CN2C[C@@]3(CCCc4cc(Cl)ccc43)COc3ccc(cc32)C(=O)NS1. The lowest BCUT2D eigenvalue weighted by Crippen LogP contribution is -2.49. The number of halogens is 1. The van der Waals surface area contributed by atoms with Crippen LogP contribution < -0.4 is 14.4 Å². The van der Waals surface area contributed by atoms with Crippen LogP contribution in [0.2, 0.25) is 5.02 Å². The molecule has 204 valence electrons. The van der Waals surface area contributed by atoms with Gasteiger partial charge in [0.25, 0.3) is 5.91 Å². The Hall–Kier alpha value is -2.66. The van der Waals surface area contributed by atoms with E-state index in [0.717, 1.165) is 73.6 Å². The maximum atomic E-state index is 13.1. The largest absolute Gasteiger partial charge is 0.490 e. The number of benzene rings is 2. The molecule has 2 heterocycles. The number of fused-ring (bicyclic) bond motifs is 4. The van der Waals surface area contributed by atoms with Gasteiger partial charge in [-0.05, 0) is 110 Å². The molecule has 2 aromatic rings. The maximum Gasteiger partial charge on any atom is 0.261 e. The number of nitrogens with zero attached hydrogens (tertiary/aromatic N) is 2. The number of aryl methyl sites for hydroxylation is 1. The van der Waals surface area contributed by atoms with Crippen molar-refractivity contribution in [3.8, 4) is 11.8 Å². The lowest BCUT2D eigenvalue weighted by Gasteiger charge is -2.45. The van der Waals surface area contributed by atoms with Crippen LogP contribution in [0.4, 0.5) is 5.69 Å². The molecule has 0 radical (unpaired) electrons. The second-order valence-corrected chi connectivity index (χ2v) is 12.9. The molecule has 2 aliphatic heterocycles. The molecule has 1 amide bonds. The monoisotopic (exact) mass is 563 g/mol. The lowest BCUT2D eigenvalue weighted by atomic mass is 9.68. The van der Waals surface area contributed by atoms with Crippen LogP contribution in [0.1, 0.15) is 60.0 Å². The molecule has 0 unspecified atom stereocenters. The summed E-state index contributed by atoms with van der Waals surface area (Å²) in [7, 11) is 0. The molecule has 8 heteroatoms. The highest BCUT2D eigenvalue weighted by Gasteiger charge is 2.44. The van der Waals surface area contributed by atoms with Gasteiger partial charge in [0.05, 0.1) is 24.5 Å². The van der Waals surface area contributed by atoms with Crippen LogP contribution in [0, 0.1) is 23.2 Å². The van der Waals surface area contributed by atoms with Gasteiger partial charge in [-0.3, -0.25) is 9.52 Å². The van der Waals surface area contributed by atoms with Crippen molar-refractivity contribution in [3.05, 3.63) is 70.3 Å². The number of carbonyl (C=O) groups is 1. The molecule has 6 nitrogen and oxygen atoms in total. The third-order valence-electron chi connectivity index (χ3n) is 9.04. The van der Waals surface area contributed by atoms with Crippen LogP contribution in [0.15, 0.2) is 48.6 Å². The molecule has 4 aliphatic rings. The van der Waals surface area contributed by atoms with E-state index in [1.54, 1.807) is 0 Å². The predicted molar refractivity (Wildman–Crippen MR) is 155 cm³/mol. The first-order valence-corrected chi connectivity index (χ1v) is 15.2. The molecule has 0 aromatic heterocycles. The number of anilines is 1. The van der Waals surface area contributed by atoms with Gasteiger partial charge in [-0.1, -0.05) is 29.8 Å². The number of aliphatic hydroxyl groups is 1. The number of hydrogen-bond donors (Lipinski definition) is 2. The third kappa shape index (κ3) is 5.27. The number of ether oxygens (including phenoxy) is 1. The van der Waals surface area contributed by atoms with Crippen LogP contribution in [-0.4, -0.2) is 42.1 Å². The molecular weight excluding hydrogens is 530 g/mol. The van der Waals surface area contributed by atoms with E-state index in [0.29, 0.717) is 30.9 Å². The van der Waals surface area contributed by atoms with Crippen molar-refractivity contribution in [2.24, 2.45) is 11.8 Å². The molecule has 5 atom stereocenters. The van der Waals surface area contributed by atoms with Gasteiger partial charge in [0.2, 0.25) is 0 Å². The molecule has 0 saturated heterocycles. The van der Waals surface area contributed by atoms with Crippen LogP contribution in [0.5, 0.6) is 5.75 Å². The van der Waals surface area contributed by atoms with Crippen LogP contribution in [-0.2, 0) is 11.8 Å². The summed E-state index contributed by atoms with van der Waals surface area (Å²) in [5, 5.41) is 21.0. The Kier molecular flexibility index (Phi) is 7.54. The Labute approximate surface area is 239 Å². The fourth-order valence-electron chi connectivity index (χ4n) is 6.77. The summed E-state index contributed by atoms with van der Waals surface area (Å²) in [4.78, 5) is 15.6. The van der Waals surface area contributed by atoms with E-state index in [1.807, 2.05) is 36.4 Å². The summed E-state index contributed by atoms with van der Waals surface area (Å²) in [6, 6.07) is 14.2. The standard InChI is InChI=1S/C31H34ClN3O3S/c32-23-9-11-26-20(14-23)4-3-13-31(26)18-35-17-22-7-10-25(22)28(36)6-2-1-5-24(16-33)39-34-30(37)21-8-12-29(38-19-31)27(35)15-21/h2,6,8-9,11-12,14-15,22,24-25,28,36H,1,3-5,7,10,13,17-19H2,(H,34,37)/b6-2+/t22-,24+,25+,28-,31-/m0/s1. The summed E-state index contributed by atoms with van der Waals surface area (Å²) >= 11 is 7.54. The Morgan fingerprint density at radius 1 is 1.21 bits per heavy atom. The zero-order chi connectivity index (χ0) is 27.0. The van der Waals surface area contributed by atoms with Gasteiger partial charge in [-0.15, -0.1) is 0 Å². The first-order valence-electron chi connectivity index (χ1n) is 14.0. The minimum Gasteiger partial charge on any atom is -0.490 e. The molecule has 2 aliphatic carbocycles. The lowest BCUT2D eigenvalue weighted by molar-refractivity contribution is 0.0456. The summed E-state index contributed by atoms with van der Waals surface area (Å²) in [6.45, 7) is 2.14. The van der Waals surface area contributed by atoms with Gasteiger partial charge in [-0.25, -0.2) is 0 Å². The van der Waals surface area contributed by atoms with Gasteiger partial charge in [-0.2, -0.15) is 5.26 Å². The fraction of sp³-hybridized carbons (Fsp3) is 0.484. The second-order valence-electron chi connectivity index (χ2n) is 11.5. The summed E-state index contributed by atoms with van der Waals surface area (Å²) in [5.41, 5.74) is 3.89. The van der Waals surface area contributed by atoms with Crippen molar-refractivity contribution in [1.82, 2.24) is 4.72 Å². The van der Waals surface area contributed by atoms with Crippen molar-refractivity contribution in [2.45, 2.75) is 61.7 Å². The van der Waals surface area contributed by atoms with E-state index >= 15 is 0 Å². The maximum absolute atomic E-state index is 13.1. The van der Waals surface area contributed by atoms with E-state index < -0.39 is 6.10 Å². The minimum absolute atomic E-state index is 0.186. The van der Waals surface area contributed by atoms with Crippen molar-refractivity contribution in [3.63, 3.8) is 0 Å². The fourth-order valence-corrected chi connectivity index (χ4v) is 7.64. The quantitative estimate of drug-likeness (QED) is 0.310. The van der Waals surface area contributed by atoms with Crippen molar-refractivity contribution in [1.29, 1.82) is 5.26 Å². The number of amides is 1. The summed E-state index contributed by atoms with van der Waals surface area (Å²) in [5.74, 6) is 1.11. The van der Waals surface area contributed by atoms with E-state index in [-0.39, 0.29) is 22.5 Å². The van der Waals surface area contributed by atoms with Gasteiger partial charge in [0.1, 0.15) is 11.0 Å². The molecule has 2 aromatic carbocycles. The molecule has 2 bridgehead atoms. The Bertz CT molecular complexity index is 1330. The second kappa shape index (κ2) is 11.1. The molecule has 1 spiro atoms. The molecule has 2 N–H and O–H groups in total. The summed E-state index contributed by atoms with van der Waals surface area (Å²) in [6.07, 6.45) is 9.85.